The van der Waals surface area contributed by atoms with Crippen LogP contribution in [-0.2, 0) is 18.4 Å². The first-order valence-corrected chi connectivity index (χ1v) is 6.16. The smallest absolute Gasteiger partial charge is 0.304 e. The SMILES string of the molecule is Cc1nn(C)cc1CN(CCC(=O)O)C(C)(C)C. The second-order valence-electron chi connectivity index (χ2n) is 5.65. The van der Waals surface area contributed by atoms with Gasteiger partial charge in [-0.2, -0.15) is 5.10 Å². The monoisotopic (exact) mass is 253 g/mol. The van der Waals surface area contributed by atoms with Crippen LogP contribution in [-0.4, -0.2) is 37.8 Å². The average Bonchev–Trinajstić information content (AvgIpc) is 2.49. The van der Waals surface area contributed by atoms with Crippen LogP contribution < -0.4 is 0 Å². The van der Waals surface area contributed by atoms with E-state index in [-0.39, 0.29) is 12.0 Å². The number of hydrogen-bond donors (Lipinski definition) is 1. The molecule has 102 valence electrons. The summed E-state index contributed by atoms with van der Waals surface area (Å²) in [6.07, 6.45) is 2.16. The fourth-order valence-electron chi connectivity index (χ4n) is 1.89. The lowest BCUT2D eigenvalue weighted by Gasteiger charge is -2.35. The van der Waals surface area contributed by atoms with Gasteiger partial charge in [-0.25, -0.2) is 0 Å². The number of rotatable bonds is 5. The minimum absolute atomic E-state index is 0.0578. The molecule has 0 bridgehead atoms. The van der Waals surface area contributed by atoms with Gasteiger partial charge in [-0.1, -0.05) is 0 Å². The number of aliphatic carboxylic acids is 1. The molecule has 0 spiro atoms. The van der Waals surface area contributed by atoms with E-state index in [9.17, 15) is 4.79 Å². The Labute approximate surface area is 108 Å². The van der Waals surface area contributed by atoms with Gasteiger partial charge in [0.25, 0.3) is 0 Å². The highest BCUT2D eigenvalue weighted by molar-refractivity contribution is 5.66. The van der Waals surface area contributed by atoms with Crippen LogP contribution in [0.2, 0.25) is 0 Å². The van der Waals surface area contributed by atoms with E-state index in [1.54, 1.807) is 4.68 Å². The van der Waals surface area contributed by atoms with Gasteiger partial charge < -0.3 is 5.11 Å². The Kier molecular flexibility index (Phi) is 4.51. The summed E-state index contributed by atoms with van der Waals surface area (Å²) in [4.78, 5) is 12.9. The standard InChI is InChI=1S/C13H23N3O2/c1-10-11(8-15(5)14-10)9-16(13(2,3)4)7-6-12(17)18/h8H,6-7,9H2,1-5H3,(H,17,18). The molecular weight excluding hydrogens is 230 g/mol. The predicted molar refractivity (Wildman–Crippen MR) is 70.4 cm³/mol. The first-order chi connectivity index (χ1) is 8.20. The summed E-state index contributed by atoms with van der Waals surface area (Å²) < 4.78 is 1.79. The normalized spacial score (nSPS) is 12.1. The van der Waals surface area contributed by atoms with Crippen molar-refractivity contribution in [1.29, 1.82) is 0 Å². The van der Waals surface area contributed by atoms with Gasteiger partial charge in [0.05, 0.1) is 12.1 Å². The van der Waals surface area contributed by atoms with Gasteiger partial charge in [0.1, 0.15) is 0 Å². The molecule has 0 amide bonds. The van der Waals surface area contributed by atoms with Crippen molar-refractivity contribution in [2.24, 2.45) is 7.05 Å². The van der Waals surface area contributed by atoms with E-state index in [1.807, 2.05) is 20.2 Å². The van der Waals surface area contributed by atoms with E-state index in [0.717, 1.165) is 17.8 Å². The molecule has 5 nitrogen and oxygen atoms in total. The van der Waals surface area contributed by atoms with Gasteiger partial charge in [-0.05, 0) is 27.7 Å². The van der Waals surface area contributed by atoms with Crippen molar-refractivity contribution in [3.05, 3.63) is 17.5 Å². The van der Waals surface area contributed by atoms with Crippen LogP contribution >= 0.6 is 0 Å². The molecule has 0 radical (unpaired) electrons. The molecule has 5 heteroatoms. The third kappa shape index (κ3) is 4.14. The summed E-state index contributed by atoms with van der Waals surface area (Å²) >= 11 is 0. The Hall–Kier alpha value is -1.36. The predicted octanol–water partition coefficient (Wildman–Crippen LogP) is 1.80. The van der Waals surface area contributed by atoms with Gasteiger partial charge in [0.2, 0.25) is 0 Å². The Morgan fingerprint density at radius 1 is 1.50 bits per heavy atom. The van der Waals surface area contributed by atoms with E-state index < -0.39 is 5.97 Å². The minimum atomic E-state index is -0.757. The topological polar surface area (TPSA) is 58.4 Å². The summed E-state index contributed by atoms with van der Waals surface area (Å²) in [6, 6.07) is 0. The Balaban J connectivity index is 2.78. The largest absolute Gasteiger partial charge is 0.481 e. The van der Waals surface area contributed by atoms with Crippen molar-refractivity contribution in [2.75, 3.05) is 6.54 Å². The zero-order chi connectivity index (χ0) is 13.9. The fraction of sp³-hybridized carbons (Fsp3) is 0.692. The van der Waals surface area contributed by atoms with E-state index in [2.05, 4.69) is 30.8 Å². The molecule has 0 saturated carbocycles. The van der Waals surface area contributed by atoms with Gasteiger partial charge in [-0.15, -0.1) is 0 Å². The fourth-order valence-corrected chi connectivity index (χ4v) is 1.89. The van der Waals surface area contributed by atoms with E-state index in [0.29, 0.717) is 6.54 Å². The highest BCUT2D eigenvalue weighted by Gasteiger charge is 2.23. The van der Waals surface area contributed by atoms with Gasteiger partial charge in [0.15, 0.2) is 0 Å². The van der Waals surface area contributed by atoms with Crippen LogP contribution in [0.5, 0.6) is 0 Å². The highest BCUT2D eigenvalue weighted by atomic mass is 16.4. The molecular formula is C13H23N3O2. The number of nitrogens with zero attached hydrogens (tertiary/aromatic N) is 3. The second kappa shape index (κ2) is 5.52. The molecule has 1 N–H and O–H groups in total. The number of carboxylic acids is 1. The lowest BCUT2D eigenvalue weighted by atomic mass is 10.0. The van der Waals surface area contributed by atoms with Crippen LogP contribution in [0, 0.1) is 6.92 Å². The van der Waals surface area contributed by atoms with Crippen molar-refractivity contribution in [1.82, 2.24) is 14.7 Å². The highest BCUT2D eigenvalue weighted by Crippen LogP contribution is 2.19. The molecule has 1 aromatic heterocycles. The summed E-state index contributed by atoms with van der Waals surface area (Å²) in [5.74, 6) is -0.757. The maximum atomic E-state index is 10.7. The first-order valence-electron chi connectivity index (χ1n) is 6.16. The van der Waals surface area contributed by atoms with Gasteiger partial charge >= 0.3 is 5.97 Å². The molecule has 0 aliphatic rings. The molecule has 0 aliphatic carbocycles. The molecule has 0 aliphatic heterocycles. The van der Waals surface area contributed by atoms with Gasteiger partial charge in [0, 0.05) is 37.4 Å². The molecule has 0 unspecified atom stereocenters. The average molecular weight is 253 g/mol. The zero-order valence-corrected chi connectivity index (χ0v) is 11.9. The Morgan fingerprint density at radius 2 is 2.11 bits per heavy atom. The van der Waals surface area contributed by atoms with Crippen molar-refractivity contribution in [3.8, 4) is 0 Å². The van der Waals surface area contributed by atoms with Crippen LogP contribution in [0.3, 0.4) is 0 Å². The molecule has 1 rings (SSSR count). The summed E-state index contributed by atoms with van der Waals surface area (Å²) in [6.45, 7) is 9.55. The number of carbonyl (C=O) groups is 1. The van der Waals surface area contributed by atoms with Crippen LogP contribution in [0.25, 0.3) is 0 Å². The van der Waals surface area contributed by atoms with Crippen molar-refractivity contribution < 1.29 is 9.90 Å². The van der Waals surface area contributed by atoms with Crippen molar-refractivity contribution in [3.63, 3.8) is 0 Å². The summed E-state index contributed by atoms with van der Waals surface area (Å²) in [7, 11) is 1.90. The van der Waals surface area contributed by atoms with E-state index in [4.69, 9.17) is 5.11 Å². The third-order valence-electron chi connectivity index (χ3n) is 3.02. The molecule has 1 aromatic rings. The number of hydrogen-bond acceptors (Lipinski definition) is 3. The van der Waals surface area contributed by atoms with Gasteiger partial charge in [-0.3, -0.25) is 14.4 Å². The maximum Gasteiger partial charge on any atom is 0.304 e. The first kappa shape index (κ1) is 14.7. The van der Waals surface area contributed by atoms with E-state index >= 15 is 0 Å². The number of aryl methyl sites for hydroxylation is 2. The van der Waals surface area contributed by atoms with Crippen LogP contribution in [0.4, 0.5) is 0 Å². The second-order valence-corrected chi connectivity index (χ2v) is 5.65. The molecule has 0 saturated heterocycles. The lowest BCUT2D eigenvalue weighted by Crippen LogP contribution is -2.42. The number of aromatic nitrogens is 2. The quantitative estimate of drug-likeness (QED) is 0.869. The molecule has 0 aromatic carbocycles. The molecule has 0 atom stereocenters. The Morgan fingerprint density at radius 3 is 2.50 bits per heavy atom. The summed E-state index contributed by atoms with van der Waals surface area (Å²) in [5, 5.41) is 13.1. The number of carboxylic acid groups (broad SMARTS) is 1. The van der Waals surface area contributed by atoms with Crippen molar-refractivity contribution >= 4 is 5.97 Å². The van der Waals surface area contributed by atoms with E-state index in [1.165, 1.54) is 0 Å². The van der Waals surface area contributed by atoms with Crippen LogP contribution in [0.15, 0.2) is 6.20 Å². The minimum Gasteiger partial charge on any atom is -0.481 e. The molecule has 1 heterocycles. The Bertz CT molecular complexity index is 418. The van der Waals surface area contributed by atoms with Crippen LogP contribution in [0.1, 0.15) is 38.4 Å². The lowest BCUT2D eigenvalue weighted by molar-refractivity contribution is -0.137. The summed E-state index contributed by atoms with van der Waals surface area (Å²) in [5.41, 5.74) is 2.09. The molecule has 18 heavy (non-hydrogen) atoms. The third-order valence-corrected chi connectivity index (χ3v) is 3.02. The zero-order valence-electron chi connectivity index (χ0n) is 11.9. The maximum absolute atomic E-state index is 10.7. The van der Waals surface area contributed by atoms with Crippen molar-refractivity contribution in [2.45, 2.75) is 46.2 Å². The molecule has 0 fully saturated rings.